The molecule has 0 radical (unpaired) electrons. The van der Waals surface area contributed by atoms with Gasteiger partial charge in [-0.25, -0.2) is 4.39 Å². The van der Waals surface area contributed by atoms with Crippen molar-refractivity contribution in [2.75, 3.05) is 6.54 Å². The Bertz CT molecular complexity index is 783. The van der Waals surface area contributed by atoms with Crippen molar-refractivity contribution in [3.05, 3.63) is 71.0 Å². The minimum absolute atomic E-state index is 0.134. The van der Waals surface area contributed by atoms with E-state index >= 15 is 0 Å². The van der Waals surface area contributed by atoms with Crippen LogP contribution < -0.4 is 5.32 Å². The van der Waals surface area contributed by atoms with Crippen LogP contribution in [0.3, 0.4) is 0 Å². The van der Waals surface area contributed by atoms with E-state index in [1.165, 1.54) is 6.07 Å². The van der Waals surface area contributed by atoms with E-state index in [0.717, 1.165) is 18.4 Å². The van der Waals surface area contributed by atoms with E-state index in [1.54, 1.807) is 42.5 Å². The summed E-state index contributed by atoms with van der Waals surface area (Å²) in [7, 11) is 0. The first-order valence-corrected chi connectivity index (χ1v) is 7.94. The molecule has 0 atom stereocenters. The maximum absolute atomic E-state index is 13.5. The standard InChI is InChI=1S/C20H18FNO2/c21-19-4-2-1-3-16(19)8-5-14-6-9-17(10-7-14)20(24)22-13-15-11-18(23)12-15/h1-4,6-7,9-10,15,18,23H,11-13H2,(H,22,24)/t15-,18-. The predicted octanol–water partition coefficient (Wildman–Crippen LogP) is 2.73. The van der Waals surface area contributed by atoms with Gasteiger partial charge in [0.25, 0.3) is 5.91 Å². The molecule has 1 amide bonds. The summed E-state index contributed by atoms with van der Waals surface area (Å²) in [5, 5.41) is 12.1. The number of nitrogens with one attached hydrogen (secondary N) is 1. The van der Waals surface area contributed by atoms with Crippen molar-refractivity contribution < 1.29 is 14.3 Å². The highest BCUT2D eigenvalue weighted by Gasteiger charge is 2.27. The van der Waals surface area contributed by atoms with Gasteiger partial charge in [-0.1, -0.05) is 24.0 Å². The van der Waals surface area contributed by atoms with Crippen molar-refractivity contribution in [2.45, 2.75) is 18.9 Å². The van der Waals surface area contributed by atoms with Crippen LogP contribution in [0, 0.1) is 23.6 Å². The third kappa shape index (κ3) is 4.01. The maximum Gasteiger partial charge on any atom is 0.251 e. The maximum atomic E-state index is 13.5. The van der Waals surface area contributed by atoms with Crippen LogP contribution in [0.1, 0.15) is 34.3 Å². The first kappa shape index (κ1) is 16.2. The van der Waals surface area contributed by atoms with Gasteiger partial charge in [0.1, 0.15) is 5.82 Å². The van der Waals surface area contributed by atoms with E-state index in [-0.39, 0.29) is 17.8 Å². The Labute approximate surface area is 140 Å². The second-order valence-corrected chi connectivity index (χ2v) is 6.01. The van der Waals surface area contributed by atoms with Gasteiger partial charge in [-0.15, -0.1) is 0 Å². The fourth-order valence-electron chi connectivity index (χ4n) is 2.61. The quantitative estimate of drug-likeness (QED) is 0.853. The molecule has 1 aliphatic carbocycles. The lowest BCUT2D eigenvalue weighted by molar-refractivity contribution is 0.0420. The zero-order valence-corrected chi connectivity index (χ0v) is 13.1. The van der Waals surface area contributed by atoms with Crippen LogP contribution in [0.4, 0.5) is 4.39 Å². The van der Waals surface area contributed by atoms with Crippen LogP contribution in [0.15, 0.2) is 48.5 Å². The van der Waals surface area contributed by atoms with E-state index < -0.39 is 0 Å². The van der Waals surface area contributed by atoms with Crippen molar-refractivity contribution in [2.24, 2.45) is 5.92 Å². The number of carbonyl (C=O) groups is 1. The molecule has 0 heterocycles. The van der Waals surface area contributed by atoms with E-state index in [2.05, 4.69) is 17.2 Å². The number of carbonyl (C=O) groups excluding carboxylic acids is 1. The summed E-state index contributed by atoms with van der Waals surface area (Å²) in [6, 6.07) is 13.3. The third-order valence-corrected chi connectivity index (χ3v) is 4.12. The second kappa shape index (κ2) is 7.29. The lowest BCUT2D eigenvalue weighted by Gasteiger charge is -2.31. The van der Waals surface area contributed by atoms with Gasteiger partial charge in [-0.3, -0.25) is 4.79 Å². The van der Waals surface area contributed by atoms with Crippen molar-refractivity contribution in [1.29, 1.82) is 0 Å². The Balaban J connectivity index is 1.59. The first-order chi connectivity index (χ1) is 11.6. The van der Waals surface area contributed by atoms with Gasteiger partial charge in [0.15, 0.2) is 0 Å². The zero-order valence-electron chi connectivity index (χ0n) is 13.1. The van der Waals surface area contributed by atoms with Crippen LogP contribution in [0.25, 0.3) is 0 Å². The molecule has 3 rings (SSSR count). The topological polar surface area (TPSA) is 49.3 Å². The smallest absolute Gasteiger partial charge is 0.251 e. The Morgan fingerprint density at radius 3 is 2.50 bits per heavy atom. The number of aliphatic hydroxyl groups is 1. The number of benzene rings is 2. The van der Waals surface area contributed by atoms with E-state index in [9.17, 15) is 14.3 Å². The van der Waals surface area contributed by atoms with Crippen molar-refractivity contribution in [1.82, 2.24) is 5.32 Å². The summed E-state index contributed by atoms with van der Waals surface area (Å²) >= 11 is 0. The van der Waals surface area contributed by atoms with Crippen LogP contribution in [0.2, 0.25) is 0 Å². The highest BCUT2D eigenvalue weighted by Crippen LogP contribution is 2.26. The minimum atomic E-state index is -0.345. The molecule has 0 bridgehead atoms. The van der Waals surface area contributed by atoms with Crippen molar-refractivity contribution in [3.8, 4) is 11.8 Å². The van der Waals surface area contributed by atoms with Crippen LogP contribution in [0.5, 0.6) is 0 Å². The molecule has 0 aliphatic heterocycles. The lowest BCUT2D eigenvalue weighted by Crippen LogP contribution is -2.38. The normalized spacial score (nSPS) is 18.9. The first-order valence-electron chi connectivity index (χ1n) is 7.94. The molecule has 0 saturated heterocycles. The molecule has 2 aromatic carbocycles. The fraction of sp³-hybridized carbons (Fsp3) is 0.250. The van der Waals surface area contributed by atoms with Gasteiger partial charge >= 0.3 is 0 Å². The molecule has 122 valence electrons. The van der Waals surface area contributed by atoms with Gasteiger partial charge in [0, 0.05) is 17.7 Å². The summed E-state index contributed by atoms with van der Waals surface area (Å²) in [4.78, 5) is 12.0. The molecule has 0 aromatic heterocycles. The van der Waals surface area contributed by atoms with E-state index in [0.29, 0.717) is 23.6 Å². The summed E-state index contributed by atoms with van der Waals surface area (Å²) < 4.78 is 13.5. The Morgan fingerprint density at radius 1 is 1.12 bits per heavy atom. The molecule has 1 saturated carbocycles. The summed E-state index contributed by atoms with van der Waals surface area (Å²) in [5.74, 6) is 5.57. The SMILES string of the molecule is O=C(NC[C@H]1C[C@H](O)C1)c1ccc(C#Cc2ccccc2F)cc1. The summed E-state index contributed by atoms with van der Waals surface area (Å²) in [6.45, 7) is 0.588. The summed E-state index contributed by atoms with van der Waals surface area (Å²) in [5.41, 5.74) is 1.63. The number of halogens is 1. The molecule has 3 nitrogen and oxygen atoms in total. The predicted molar refractivity (Wildman–Crippen MR) is 89.9 cm³/mol. The van der Waals surface area contributed by atoms with Crippen molar-refractivity contribution >= 4 is 5.91 Å². The lowest BCUT2D eigenvalue weighted by atomic mass is 9.82. The van der Waals surface area contributed by atoms with Crippen LogP contribution >= 0.6 is 0 Å². The highest BCUT2D eigenvalue weighted by molar-refractivity contribution is 5.94. The third-order valence-electron chi connectivity index (χ3n) is 4.12. The minimum Gasteiger partial charge on any atom is -0.393 e. The molecule has 0 unspecified atom stereocenters. The molecule has 24 heavy (non-hydrogen) atoms. The van der Waals surface area contributed by atoms with Gasteiger partial charge in [-0.05, 0) is 55.2 Å². The average molecular weight is 323 g/mol. The molecule has 1 fully saturated rings. The molecule has 4 heteroatoms. The van der Waals surface area contributed by atoms with Crippen LogP contribution in [-0.4, -0.2) is 23.7 Å². The number of aliphatic hydroxyl groups excluding tert-OH is 1. The van der Waals surface area contributed by atoms with Crippen LogP contribution in [-0.2, 0) is 0 Å². The highest BCUT2D eigenvalue weighted by atomic mass is 19.1. The average Bonchev–Trinajstić information content (AvgIpc) is 2.57. The number of amides is 1. The number of hydrogen-bond acceptors (Lipinski definition) is 2. The largest absolute Gasteiger partial charge is 0.393 e. The van der Waals surface area contributed by atoms with Gasteiger partial charge in [0.05, 0.1) is 11.7 Å². The molecule has 2 N–H and O–H groups in total. The van der Waals surface area contributed by atoms with E-state index in [4.69, 9.17) is 0 Å². The molecular formula is C20H18FNO2. The number of rotatable bonds is 3. The molecule has 0 spiro atoms. The molecule has 1 aliphatic rings. The summed E-state index contributed by atoms with van der Waals surface area (Å²) in [6.07, 6.45) is 1.30. The Hall–Kier alpha value is -2.64. The second-order valence-electron chi connectivity index (χ2n) is 6.01. The Morgan fingerprint density at radius 2 is 1.83 bits per heavy atom. The van der Waals surface area contributed by atoms with Gasteiger partial charge < -0.3 is 10.4 Å². The molecule has 2 aromatic rings. The fourth-order valence-corrected chi connectivity index (χ4v) is 2.61. The Kier molecular flexibility index (Phi) is 4.93. The van der Waals surface area contributed by atoms with E-state index in [1.807, 2.05) is 0 Å². The van der Waals surface area contributed by atoms with Crippen molar-refractivity contribution in [3.63, 3.8) is 0 Å². The number of hydrogen-bond donors (Lipinski definition) is 2. The van der Waals surface area contributed by atoms with Gasteiger partial charge in [0.2, 0.25) is 0 Å². The molecular weight excluding hydrogens is 305 g/mol. The van der Waals surface area contributed by atoms with Gasteiger partial charge in [-0.2, -0.15) is 0 Å². The monoisotopic (exact) mass is 323 g/mol. The zero-order chi connectivity index (χ0) is 16.9.